The van der Waals surface area contributed by atoms with Gasteiger partial charge in [-0.15, -0.1) is 0 Å². The normalized spacial score (nSPS) is 18.9. The number of fused-ring (bicyclic) bond motifs is 1. The Morgan fingerprint density at radius 1 is 0.283 bits per heavy atom. The van der Waals surface area contributed by atoms with Gasteiger partial charge >= 0.3 is 0 Å². The summed E-state index contributed by atoms with van der Waals surface area (Å²) in [5.41, 5.74) is -10.1. The van der Waals surface area contributed by atoms with Gasteiger partial charge < -0.3 is 4.90 Å². The van der Waals surface area contributed by atoms with Crippen LogP contribution in [0.4, 0.5) is 17.1 Å². The molecule has 0 fully saturated rings. The molecule has 9 rings (SSSR count). The molecule has 0 unspecified atom stereocenters. The van der Waals surface area contributed by atoms with Gasteiger partial charge in [0, 0.05) is 17.1 Å². The lowest BCUT2D eigenvalue weighted by molar-refractivity contribution is 1.28. The van der Waals surface area contributed by atoms with Crippen LogP contribution in [0.1, 0.15) is 41.1 Å². The molecular formula is C52H37N. The Morgan fingerprint density at radius 2 is 0.679 bits per heavy atom. The van der Waals surface area contributed by atoms with Gasteiger partial charge in [0.05, 0.1) is 41.1 Å². The van der Waals surface area contributed by atoms with E-state index in [4.69, 9.17) is 27.4 Å². The fourth-order valence-corrected chi connectivity index (χ4v) is 5.23. The first-order valence-electron chi connectivity index (χ1n) is 30.7. The molecule has 0 aromatic heterocycles. The smallest absolute Gasteiger partial charge is 0.0651 e. The van der Waals surface area contributed by atoms with Crippen molar-refractivity contribution >= 4 is 27.8 Å². The Hall–Kier alpha value is -6.96. The van der Waals surface area contributed by atoms with Crippen LogP contribution in [0.2, 0.25) is 0 Å². The molecule has 0 bridgehead atoms. The van der Waals surface area contributed by atoms with E-state index in [1.165, 1.54) is 12.1 Å². The zero-order valence-corrected chi connectivity index (χ0v) is 27.0. The van der Waals surface area contributed by atoms with E-state index in [1.807, 2.05) is 0 Å². The summed E-state index contributed by atoms with van der Waals surface area (Å²) >= 11 is 0. The van der Waals surface area contributed by atoms with Crippen molar-refractivity contribution in [2.45, 2.75) is 0 Å². The van der Waals surface area contributed by atoms with Crippen LogP contribution < -0.4 is 4.90 Å². The van der Waals surface area contributed by atoms with Crippen molar-refractivity contribution in [3.05, 3.63) is 224 Å². The monoisotopic (exact) mass is 705 g/mol. The second-order valence-electron chi connectivity index (χ2n) is 11.1. The Balaban J connectivity index is 1.38. The number of nitrogens with zero attached hydrogens (tertiary/aromatic N) is 1. The van der Waals surface area contributed by atoms with Crippen LogP contribution >= 0.6 is 0 Å². The van der Waals surface area contributed by atoms with Gasteiger partial charge in [-0.05, 0) is 109 Å². The average molecular weight is 706 g/mol. The minimum Gasteiger partial charge on any atom is -0.310 e. The van der Waals surface area contributed by atoms with Crippen molar-refractivity contribution in [1.82, 2.24) is 0 Å². The number of benzene rings is 9. The Morgan fingerprint density at radius 3 is 1.15 bits per heavy atom. The fourth-order valence-electron chi connectivity index (χ4n) is 5.23. The van der Waals surface area contributed by atoms with Crippen LogP contribution in [-0.2, 0) is 0 Å². The highest BCUT2D eigenvalue weighted by molar-refractivity contribution is 5.89. The summed E-state index contributed by atoms with van der Waals surface area (Å²) < 4.78 is 268. The maximum absolute atomic E-state index is 9.77. The molecule has 0 atom stereocenters. The second-order valence-corrected chi connectivity index (χ2v) is 11.1. The van der Waals surface area contributed by atoms with E-state index in [9.17, 15) is 13.7 Å². The zero-order chi connectivity index (χ0) is 61.5. The molecular weight excluding hydrogens is 639 g/mol. The molecule has 0 saturated heterocycles. The lowest BCUT2D eigenvalue weighted by Gasteiger charge is -2.26. The van der Waals surface area contributed by atoms with Gasteiger partial charge in [0.15, 0.2) is 0 Å². The molecule has 0 amide bonds. The summed E-state index contributed by atoms with van der Waals surface area (Å²) in [6.45, 7) is 0. The molecule has 9 aromatic rings. The molecule has 53 heavy (non-hydrogen) atoms. The van der Waals surface area contributed by atoms with Crippen molar-refractivity contribution < 1.29 is 41.1 Å². The minimum absolute atomic E-state index is 0.0871. The van der Waals surface area contributed by atoms with Crippen LogP contribution in [-0.4, -0.2) is 0 Å². The molecule has 0 N–H and O–H groups in total. The molecule has 0 aliphatic carbocycles. The number of hydrogen-bond acceptors (Lipinski definition) is 1. The van der Waals surface area contributed by atoms with E-state index in [0.29, 0.717) is 15.7 Å². The van der Waals surface area contributed by atoms with Crippen molar-refractivity contribution in [2.24, 2.45) is 0 Å². The van der Waals surface area contributed by atoms with Crippen molar-refractivity contribution in [1.29, 1.82) is 0 Å². The predicted molar refractivity (Wildman–Crippen MR) is 226 cm³/mol. The van der Waals surface area contributed by atoms with E-state index in [0.717, 1.165) is 0 Å². The molecule has 250 valence electrons. The van der Waals surface area contributed by atoms with E-state index >= 15 is 0 Å². The molecule has 0 spiro atoms. The first-order valence-corrected chi connectivity index (χ1v) is 15.7. The standard InChI is InChI=1S/C52H37N/c1-3-10-38(11-4-1)41-18-22-43(23-19-41)45-28-32-50(33-29-45)53(52-17-9-16-48(37-52)49-27-26-40-14-7-8-15-47(40)36-49)51-34-30-46(31-35-51)44-24-20-42(21-25-44)39-12-5-2-6-13-39/h1-37H/i1D,2D,3D,4D,5D,6D,9D,10D,11D,12D,13D,16D,17D,18D,19D,20D,21D,22D,23D,24D,25D,28D,29D,30D,31D,32D,33D,34D,35D,37D. The number of rotatable bonds is 8. The van der Waals surface area contributed by atoms with Gasteiger partial charge in [0.2, 0.25) is 0 Å². The average Bonchev–Trinajstić information content (AvgIpc) is 3.58. The highest BCUT2D eigenvalue weighted by atomic mass is 15.1. The maximum atomic E-state index is 9.77. The first-order chi connectivity index (χ1) is 38.8. The maximum Gasteiger partial charge on any atom is 0.0651 e. The molecule has 0 saturated carbocycles. The molecule has 0 aliphatic rings. The number of hydrogen-bond donors (Lipinski definition) is 0. The van der Waals surface area contributed by atoms with Crippen LogP contribution in [0.5, 0.6) is 0 Å². The minimum atomic E-state index is -1.23. The Kier molecular flexibility index (Phi) is 3.58. The topological polar surface area (TPSA) is 3.24 Å². The number of anilines is 3. The Bertz CT molecular complexity index is 4020. The van der Waals surface area contributed by atoms with Crippen LogP contribution in [0.3, 0.4) is 0 Å². The third-order valence-corrected chi connectivity index (χ3v) is 7.79. The summed E-state index contributed by atoms with van der Waals surface area (Å²) in [7, 11) is 0. The van der Waals surface area contributed by atoms with Gasteiger partial charge in [-0.3, -0.25) is 0 Å². The van der Waals surface area contributed by atoms with Crippen LogP contribution in [0.25, 0.3) is 66.4 Å². The molecule has 9 aromatic carbocycles. The van der Waals surface area contributed by atoms with Gasteiger partial charge in [0.25, 0.3) is 0 Å². The lowest BCUT2D eigenvalue weighted by Crippen LogP contribution is -2.10. The van der Waals surface area contributed by atoms with E-state index < -0.39 is 243 Å². The highest BCUT2D eigenvalue weighted by Crippen LogP contribution is 2.39. The van der Waals surface area contributed by atoms with Gasteiger partial charge in [-0.25, -0.2) is 0 Å². The van der Waals surface area contributed by atoms with Crippen LogP contribution in [0, 0.1) is 0 Å². The van der Waals surface area contributed by atoms with Crippen molar-refractivity contribution in [3.8, 4) is 55.6 Å². The molecule has 0 aliphatic heterocycles. The summed E-state index contributed by atoms with van der Waals surface area (Å²) in [5, 5.41) is 1.27. The molecule has 0 radical (unpaired) electrons. The summed E-state index contributed by atoms with van der Waals surface area (Å²) in [6.07, 6.45) is 0. The van der Waals surface area contributed by atoms with Crippen molar-refractivity contribution in [3.63, 3.8) is 0 Å². The Labute approximate surface area is 353 Å². The van der Waals surface area contributed by atoms with E-state index in [1.54, 1.807) is 30.3 Å². The predicted octanol–water partition coefficient (Wildman–Crippen LogP) is 14.6. The summed E-state index contributed by atoms with van der Waals surface area (Å²) in [4.78, 5) is 0.439. The third-order valence-electron chi connectivity index (χ3n) is 7.79. The summed E-state index contributed by atoms with van der Waals surface area (Å²) in [5.74, 6) is 0. The second kappa shape index (κ2) is 14.3. The first kappa shape index (κ1) is 13.2. The molecule has 0 heterocycles. The van der Waals surface area contributed by atoms with Gasteiger partial charge in [0.1, 0.15) is 0 Å². The highest BCUT2D eigenvalue weighted by Gasteiger charge is 2.15. The largest absolute Gasteiger partial charge is 0.310 e. The third kappa shape index (κ3) is 6.77. The molecule has 1 nitrogen and oxygen atoms in total. The van der Waals surface area contributed by atoms with E-state index in [-0.39, 0.29) is 11.1 Å². The van der Waals surface area contributed by atoms with Gasteiger partial charge in [-0.1, -0.05) is 181 Å². The SMILES string of the molecule is [2H]c1c([2H])c([2H])c(-c2c([2H])c([2H])c(-c3c([2H])c([2H])c(N(c4c([2H])c([2H])c(-c5c([2H])c([2H])c(-c6c([2H])c([2H])c([2H])c([2H])c6[2H])c([2H])c5[2H])c([2H])c4[2H])c4c([2H])c([2H])c([2H])c(-c5ccc6ccccc6c5)c4[2H])c([2H])c3[2H])c([2H])c2[2H])c([2H])c1[2H]. The fraction of sp³-hybridized carbons (Fsp3) is 0. The van der Waals surface area contributed by atoms with Gasteiger partial charge in [-0.2, -0.15) is 0 Å². The summed E-state index contributed by atoms with van der Waals surface area (Å²) in [6, 6.07) is -18.9. The zero-order valence-electron chi connectivity index (χ0n) is 57.0. The van der Waals surface area contributed by atoms with Crippen molar-refractivity contribution in [2.75, 3.05) is 4.90 Å². The molecule has 1 heteroatoms. The van der Waals surface area contributed by atoms with Crippen LogP contribution in [0.15, 0.2) is 224 Å². The quantitative estimate of drug-likeness (QED) is 0.152. The van der Waals surface area contributed by atoms with E-state index in [2.05, 4.69) is 0 Å². The lowest BCUT2D eigenvalue weighted by atomic mass is 9.99.